The summed E-state index contributed by atoms with van der Waals surface area (Å²) in [4.78, 5) is 13.5. The third-order valence-corrected chi connectivity index (χ3v) is 3.34. The molecule has 0 radical (unpaired) electrons. The van der Waals surface area contributed by atoms with Crippen molar-refractivity contribution in [3.05, 3.63) is 30.3 Å². The first-order valence-corrected chi connectivity index (χ1v) is 7.71. The number of cyclic esters (lactones) is 1. The summed E-state index contributed by atoms with van der Waals surface area (Å²) in [6, 6.07) is 9.04. The molecule has 1 aromatic carbocycles. The lowest BCUT2D eigenvalue weighted by atomic mass is 10.2. The summed E-state index contributed by atoms with van der Waals surface area (Å²) in [6.45, 7) is 4.50. The van der Waals surface area contributed by atoms with Crippen LogP contribution in [0.2, 0.25) is 0 Å². The molecule has 2 rings (SSSR count). The van der Waals surface area contributed by atoms with Gasteiger partial charge in [-0.3, -0.25) is 0 Å². The standard InChI is InChI=1S/C16H23NO6/c1-3-20-14(21-4-2)11-22-15-13(10-18)23-16(19)17(15)12-8-6-5-7-9-12/h5-9,13-15,18H,3-4,10-11H2,1-2H3. The molecular formula is C16H23NO6. The van der Waals surface area contributed by atoms with Gasteiger partial charge in [0.1, 0.15) is 6.61 Å². The van der Waals surface area contributed by atoms with E-state index in [0.717, 1.165) is 0 Å². The van der Waals surface area contributed by atoms with E-state index >= 15 is 0 Å². The van der Waals surface area contributed by atoms with Crippen LogP contribution in [0.3, 0.4) is 0 Å². The third kappa shape index (κ3) is 4.42. The summed E-state index contributed by atoms with van der Waals surface area (Å²) in [5.74, 6) is 0. The van der Waals surface area contributed by atoms with E-state index in [1.165, 1.54) is 4.90 Å². The Balaban J connectivity index is 2.09. The fourth-order valence-electron chi connectivity index (χ4n) is 2.36. The second-order valence-electron chi connectivity index (χ2n) is 4.87. The van der Waals surface area contributed by atoms with Crippen molar-refractivity contribution < 1.29 is 28.8 Å². The van der Waals surface area contributed by atoms with E-state index in [4.69, 9.17) is 18.9 Å². The zero-order valence-corrected chi connectivity index (χ0v) is 13.4. The average molecular weight is 325 g/mol. The number of rotatable bonds is 9. The lowest BCUT2D eigenvalue weighted by Gasteiger charge is -2.26. The second-order valence-corrected chi connectivity index (χ2v) is 4.87. The molecule has 1 aliphatic rings. The molecule has 128 valence electrons. The Labute approximate surface area is 135 Å². The van der Waals surface area contributed by atoms with E-state index in [1.807, 2.05) is 32.0 Å². The molecule has 2 atom stereocenters. The van der Waals surface area contributed by atoms with Gasteiger partial charge in [0.15, 0.2) is 18.6 Å². The molecule has 7 nitrogen and oxygen atoms in total. The minimum absolute atomic E-state index is 0.128. The Kier molecular flexibility index (Phi) is 6.79. The Bertz CT molecular complexity index is 477. The van der Waals surface area contributed by atoms with Crippen LogP contribution >= 0.6 is 0 Å². The van der Waals surface area contributed by atoms with Gasteiger partial charge in [-0.15, -0.1) is 0 Å². The molecule has 2 unspecified atom stereocenters. The summed E-state index contributed by atoms with van der Waals surface area (Å²) < 4.78 is 21.8. The topological polar surface area (TPSA) is 77.5 Å². The van der Waals surface area contributed by atoms with Crippen LogP contribution in [0.15, 0.2) is 30.3 Å². The summed E-state index contributed by atoms with van der Waals surface area (Å²) in [7, 11) is 0. The van der Waals surface area contributed by atoms with Crippen LogP contribution in [0, 0.1) is 0 Å². The van der Waals surface area contributed by atoms with Crippen molar-refractivity contribution in [2.45, 2.75) is 32.5 Å². The summed E-state index contributed by atoms with van der Waals surface area (Å²) >= 11 is 0. The minimum Gasteiger partial charge on any atom is -0.438 e. The number of ether oxygens (including phenoxy) is 4. The zero-order valence-electron chi connectivity index (χ0n) is 13.4. The van der Waals surface area contributed by atoms with Crippen molar-refractivity contribution in [3.63, 3.8) is 0 Å². The Morgan fingerprint density at radius 2 is 1.87 bits per heavy atom. The molecule has 1 N–H and O–H groups in total. The van der Waals surface area contributed by atoms with Gasteiger partial charge in [-0.1, -0.05) is 18.2 Å². The van der Waals surface area contributed by atoms with Crippen LogP contribution in [0.1, 0.15) is 13.8 Å². The van der Waals surface area contributed by atoms with Crippen molar-refractivity contribution in [2.75, 3.05) is 31.3 Å². The van der Waals surface area contributed by atoms with Crippen LogP contribution in [-0.4, -0.2) is 56.2 Å². The number of para-hydroxylation sites is 1. The number of benzene rings is 1. The second kappa shape index (κ2) is 8.83. The van der Waals surface area contributed by atoms with Crippen molar-refractivity contribution >= 4 is 11.8 Å². The SMILES string of the molecule is CCOC(COC1C(CO)OC(=O)N1c1ccccc1)OCC. The van der Waals surface area contributed by atoms with Crippen LogP contribution in [0.25, 0.3) is 0 Å². The Morgan fingerprint density at radius 3 is 2.43 bits per heavy atom. The van der Waals surface area contributed by atoms with E-state index < -0.39 is 24.7 Å². The third-order valence-electron chi connectivity index (χ3n) is 3.34. The molecule has 0 saturated carbocycles. The maximum Gasteiger partial charge on any atom is 0.417 e. The molecule has 1 saturated heterocycles. The van der Waals surface area contributed by atoms with Gasteiger partial charge in [0.2, 0.25) is 0 Å². The van der Waals surface area contributed by atoms with Crippen LogP contribution in [-0.2, 0) is 18.9 Å². The minimum atomic E-state index is -0.758. The summed E-state index contributed by atoms with van der Waals surface area (Å²) in [6.07, 6.45) is -2.58. The van der Waals surface area contributed by atoms with Crippen molar-refractivity contribution in [2.24, 2.45) is 0 Å². The average Bonchev–Trinajstić information content (AvgIpc) is 2.89. The fraction of sp³-hybridized carbons (Fsp3) is 0.562. The largest absolute Gasteiger partial charge is 0.438 e. The first kappa shape index (κ1) is 17.7. The maximum absolute atomic E-state index is 12.1. The number of hydrogen-bond donors (Lipinski definition) is 1. The molecule has 1 aliphatic heterocycles. The van der Waals surface area contributed by atoms with Crippen molar-refractivity contribution in [3.8, 4) is 0 Å². The molecule has 1 aromatic rings. The number of hydrogen-bond acceptors (Lipinski definition) is 6. The predicted octanol–water partition coefficient (Wildman–Crippen LogP) is 1.75. The lowest BCUT2D eigenvalue weighted by Crippen LogP contribution is -2.42. The van der Waals surface area contributed by atoms with Gasteiger partial charge < -0.3 is 24.1 Å². The number of aliphatic hydroxyl groups excluding tert-OH is 1. The molecule has 0 aromatic heterocycles. The van der Waals surface area contributed by atoms with Gasteiger partial charge in [-0.2, -0.15) is 0 Å². The molecule has 1 fully saturated rings. The summed E-state index contributed by atoms with van der Waals surface area (Å²) in [5, 5.41) is 9.44. The number of aliphatic hydroxyl groups is 1. The molecule has 23 heavy (non-hydrogen) atoms. The highest BCUT2D eigenvalue weighted by atomic mass is 16.7. The highest BCUT2D eigenvalue weighted by molar-refractivity contribution is 5.90. The van der Waals surface area contributed by atoms with Gasteiger partial charge >= 0.3 is 6.09 Å². The molecule has 0 spiro atoms. The Morgan fingerprint density at radius 1 is 1.22 bits per heavy atom. The molecule has 0 aliphatic carbocycles. The van der Waals surface area contributed by atoms with Crippen LogP contribution in [0.4, 0.5) is 10.5 Å². The first-order chi connectivity index (χ1) is 11.2. The van der Waals surface area contributed by atoms with Gasteiger partial charge in [0, 0.05) is 18.9 Å². The van der Waals surface area contributed by atoms with Gasteiger partial charge in [-0.25, -0.2) is 9.69 Å². The van der Waals surface area contributed by atoms with Gasteiger partial charge in [-0.05, 0) is 26.0 Å². The number of anilines is 1. The van der Waals surface area contributed by atoms with Crippen molar-refractivity contribution in [1.29, 1.82) is 0 Å². The van der Waals surface area contributed by atoms with E-state index in [2.05, 4.69) is 0 Å². The molecule has 7 heteroatoms. The highest BCUT2D eigenvalue weighted by Gasteiger charge is 2.43. The van der Waals surface area contributed by atoms with Crippen LogP contribution < -0.4 is 4.90 Å². The highest BCUT2D eigenvalue weighted by Crippen LogP contribution is 2.27. The maximum atomic E-state index is 12.1. The monoisotopic (exact) mass is 325 g/mol. The lowest BCUT2D eigenvalue weighted by molar-refractivity contribution is -0.180. The molecule has 1 amide bonds. The molecule has 0 bridgehead atoms. The van der Waals surface area contributed by atoms with Crippen molar-refractivity contribution in [1.82, 2.24) is 0 Å². The fourth-order valence-corrected chi connectivity index (χ4v) is 2.36. The zero-order chi connectivity index (χ0) is 16.7. The quantitative estimate of drug-likeness (QED) is 0.697. The Hall–Kier alpha value is -1.67. The number of amides is 1. The van der Waals surface area contributed by atoms with Crippen LogP contribution in [0.5, 0.6) is 0 Å². The first-order valence-electron chi connectivity index (χ1n) is 7.71. The number of carbonyl (C=O) groups excluding carboxylic acids is 1. The molecular weight excluding hydrogens is 302 g/mol. The predicted molar refractivity (Wildman–Crippen MR) is 83.1 cm³/mol. The van der Waals surface area contributed by atoms with E-state index in [0.29, 0.717) is 18.9 Å². The van der Waals surface area contributed by atoms with Gasteiger partial charge in [0.05, 0.1) is 6.61 Å². The number of nitrogens with zero attached hydrogens (tertiary/aromatic N) is 1. The van der Waals surface area contributed by atoms with E-state index in [-0.39, 0.29) is 13.2 Å². The normalized spacial score (nSPS) is 21.0. The van der Waals surface area contributed by atoms with E-state index in [9.17, 15) is 9.90 Å². The summed E-state index contributed by atoms with van der Waals surface area (Å²) in [5.41, 5.74) is 0.641. The molecule has 1 heterocycles. The number of carbonyl (C=O) groups is 1. The van der Waals surface area contributed by atoms with Gasteiger partial charge in [0.25, 0.3) is 0 Å². The van der Waals surface area contributed by atoms with E-state index in [1.54, 1.807) is 12.1 Å². The smallest absolute Gasteiger partial charge is 0.417 e.